The lowest BCUT2D eigenvalue weighted by atomic mass is 9.84. The molecule has 0 fully saturated rings. The maximum Gasteiger partial charge on any atom is 0.232 e. The molecule has 0 bridgehead atoms. The van der Waals surface area contributed by atoms with Crippen LogP contribution in [0.4, 0.5) is 0 Å². The Bertz CT molecular complexity index is 1820. The molecule has 6 rings (SSSR count). The van der Waals surface area contributed by atoms with Gasteiger partial charge >= 0.3 is 0 Å². The topological polar surface area (TPSA) is 98.2 Å². The molecule has 6 aromatic rings. The molecular formula is C44H43N3O2S2. The van der Waals surface area contributed by atoms with Gasteiger partial charge in [-0.1, -0.05) is 199 Å². The standard InChI is InChI=1S/C44H43N3O2S2/c1-2-41(48)47-51(46,44(37-27-15-6-16-28-37,38-29-17-7-18-30-38)39-31-19-8-20-32-39)40(42(45)49)33-50-43(34-21-9-3-10-22-34,35-23-11-4-12-24-35)36-25-13-5-14-26-36/h3-32,40H,2,33,46H2,1H3,(H2,45,49)(H,47,48)/t40-/m1/s1. The number of hydrogen-bond donors (Lipinski definition) is 3. The van der Waals surface area contributed by atoms with Crippen LogP contribution < -0.4 is 15.6 Å². The van der Waals surface area contributed by atoms with Crippen molar-refractivity contribution in [3.63, 3.8) is 0 Å². The number of nitrogens with two attached hydrogens (primary N) is 2. The lowest BCUT2D eigenvalue weighted by Gasteiger charge is -2.57. The molecule has 2 amide bonds. The second-order valence-electron chi connectivity index (χ2n) is 12.3. The Balaban J connectivity index is 1.65. The summed E-state index contributed by atoms with van der Waals surface area (Å²) in [7, 11) is -3.12. The van der Waals surface area contributed by atoms with Crippen molar-refractivity contribution in [3.8, 4) is 0 Å². The Morgan fingerprint density at radius 1 is 0.569 bits per heavy atom. The third kappa shape index (κ3) is 6.73. The summed E-state index contributed by atoms with van der Waals surface area (Å²) in [4.78, 5) is 28.1. The van der Waals surface area contributed by atoms with Gasteiger partial charge < -0.3 is 10.5 Å². The number of hydrogen-bond acceptors (Lipinski definition) is 4. The van der Waals surface area contributed by atoms with Crippen LogP contribution in [0.5, 0.6) is 0 Å². The predicted octanol–water partition coefficient (Wildman–Crippen LogP) is 8.68. The van der Waals surface area contributed by atoms with Crippen LogP contribution in [0.1, 0.15) is 46.7 Å². The van der Waals surface area contributed by atoms with E-state index in [0.29, 0.717) is 0 Å². The third-order valence-electron chi connectivity index (χ3n) is 9.41. The molecule has 258 valence electrons. The average Bonchev–Trinajstić information content (AvgIpc) is 3.19. The molecule has 0 saturated heterocycles. The molecule has 0 aliphatic carbocycles. The number of carbonyl (C=O) groups excluding carboxylic acids is 2. The normalized spacial score (nSPS) is 14.1. The van der Waals surface area contributed by atoms with E-state index in [1.165, 1.54) is 0 Å². The molecule has 0 heterocycles. The molecule has 7 heteroatoms. The zero-order valence-corrected chi connectivity index (χ0v) is 30.2. The van der Waals surface area contributed by atoms with Crippen LogP contribution in [0, 0.1) is 0 Å². The van der Waals surface area contributed by atoms with E-state index in [-0.39, 0.29) is 18.1 Å². The Labute approximate surface area is 307 Å². The van der Waals surface area contributed by atoms with E-state index in [1.54, 1.807) is 18.7 Å². The van der Waals surface area contributed by atoms with E-state index in [1.807, 2.05) is 146 Å². The summed E-state index contributed by atoms with van der Waals surface area (Å²) in [6, 6.07) is 60.8. The molecule has 0 spiro atoms. The number of thioether (sulfide) groups is 1. The van der Waals surface area contributed by atoms with Gasteiger partial charge in [-0.15, -0.1) is 11.8 Å². The highest BCUT2D eigenvalue weighted by Gasteiger charge is 2.56. The molecule has 0 aromatic heterocycles. The van der Waals surface area contributed by atoms with E-state index >= 15 is 0 Å². The zero-order valence-electron chi connectivity index (χ0n) is 28.6. The summed E-state index contributed by atoms with van der Waals surface area (Å²) in [5.74, 6) is -0.624. The Kier molecular flexibility index (Phi) is 11.1. The smallest absolute Gasteiger partial charge is 0.232 e. The lowest BCUT2D eigenvalue weighted by Crippen LogP contribution is -2.57. The van der Waals surface area contributed by atoms with Crippen LogP contribution in [-0.4, -0.2) is 22.8 Å². The van der Waals surface area contributed by atoms with Crippen molar-refractivity contribution in [1.82, 2.24) is 4.72 Å². The van der Waals surface area contributed by atoms with Crippen LogP contribution in [-0.2, 0) is 19.1 Å². The first-order chi connectivity index (χ1) is 24.9. The van der Waals surface area contributed by atoms with Gasteiger partial charge in [0.05, 0.1) is 4.75 Å². The van der Waals surface area contributed by atoms with Gasteiger partial charge in [0, 0.05) is 12.2 Å². The van der Waals surface area contributed by atoms with Crippen molar-refractivity contribution in [2.75, 3.05) is 5.75 Å². The van der Waals surface area contributed by atoms with E-state index in [9.17, 15) is 9.59 Å². The number of nitrogens with one attached hydrogen (secondary N) is 1. The fourth-order valence-electron chi connectivity index (χ4n) is 7.07. The van der Waals surface area contributed by atoms with E-state index in [0.717, 1.165) is 33.4 Å². The number of carbonyl (C=O) groups is 2. The van der Waals surface area contributed by atoms with Crippen LogP contribution >= 0.6 is 22.2 Å². The Hall–Kier alpha value is -5.08. The number of amides is 2. The van der Waals surface area contributed by atoms with Crippen molar-refractivity contribution >= 4 is 34.0 Å². The van der Waals surface area contributed by atoms with Gasteiger partial charge in [-0.25, -0.2) is 0 Å². The highest BCUT2D eigenvalue weighted by Crippen LogP contribution is 2.66. The maximum atomic E-state index is 14.3. The largest absolute Gasteiger partial charge is 0.369 e. The molecule has 0 aliphatic heterocycles. The quantitative estimate of drug-likeness (QED) is 0.0987. The molecule has 6 aromatic carbocycles. The number of benzene rings is 6. The molecule has 1 unspecified atom stereocenters. The van der Waals surface area contributed by atoms with Crippen molar-refractivity contribution in [2.45, 2.75) is 28.1 Å². The van der Waals surface area contributed by atoms with Gasteiger partial charge in [-0.05, 0) is 33.4 Å². The molecule has 5 nitrogen and oxygen atoms in total. The van der Waals surface area contributed by atoms with Crippen molar-refractivity contribution < 1.29 is 9.59 Å². The van der Waals surface area contributed by atoms with E-state index in [4.69, 9.17) is 10.9 Å². The molecule has 2 atom stereocenters. The van der Waals surface area contributed by atoms with Gasteiger partial charge in [0.2, 0.25) is 11.8 Å². The monoisotopic (exact) mass is 709 g/mol. The maximum absolute atomic E-state index is 14.3. The highest BCUT2D eigenvalue weighted by atomic mass is 32.3. The summed E-state index contributed by atoms with van der Waals surface area (Å²) >= 11 is 1.62. The lowest BCUT2D eigenvalue weighted by molar-refractivity contribution is -0.119. The van der Waals surface area contributed by atoms with Gasteiger partial charge in [0.1, 0.15) is 10.00 Å². The minimum absolute atomic E-state index is 0.182. The fourth-order valence-corrected chi connectivity index (χ4v) is 12.8. The molecule has 0 saturated carbocycles. The van der Waals surface area contributed by atoms with Crippen LogP contribution in [0.15, 0.2) is 182 Å². The van der Waals surface area contributed by atoms with Gasteiger partial charge in [-0.2, -0.15) is 0 Å². The first-order valence-electron chi connectivity index (χ1n) is 17.0. The van der Waals surface area contributed by atoms with E-state index in [2.05, 4.69) is 41.1 Å². The molecule has 0 radical (unpaired) electrons. The SMILES string of the molecule is CCC(=O)NS(N)([C@H](CSC(c1ccccc1)(c1ccccc1)c1ccccc1)C(N)=O)C(c1ccccc1)(c1ccccc1)c1ccccc1. The van der Waals surface area contributed by atoms with Crippen molar-refractivity contribution in [1.29, 1.82) is 0 Å². The van der Waals surface area contributed by atoms with E-state index < -0.39 is 31.1 Å². The summed E-state index contributed by atoms with van der Waals surface area (Å²) in [5.41, 5.74) is 12.3. The second-order valence-corrected chi connectivity index (χ2v) is 16.4. The Morgan fingerprint density at radius 2 is 0.863 bits per heavy atom. The predicted molar refractivity (Wildman–Crippen MR) is 214 cm³/mol. The average molecular weight is 710 g/mol. The molecular weight excluding hydrogens is 667 g/mol. The van der Waals surface area contributed by atoms with Crippen molar-refractivity contribution in [2.24, 2.45) is 10.9 Å². The molecule has 5 N–H and O–H groups in total. The van der Waals surface area contributed by atoms with Gasteiger partial charge in [-0.3, -0.25) is 14.7 Å². The first-order valence-corrected chi connectivity index (χ1v) is 19.8. The summed E-state index contributed by atoms with van der Waals surface area (Å²) in [5, 5.41) is 6.99. The molecule has 51 heavy (non-hydrogen) atoms. The minimum Gasteiger partial charge on any atom is -0.369 e. The van der Waals surface area contributed by atoms with Crippen LogP contribution in [0.3, 0.4) is 0 Å². The summed E-state index contributed by atoms with van der Waals surface area (Å²) in [6.07, 6.45) is 0.182. The molecule has 0 aliphatic rings. The highest BCUT2D eigenvalue weighted by molar-refractivity contribution is 8.33. The number of primary amides is 1. The van der Waals surface area contributed by atoms with Crippen molar-refractivity contribution in [3.05, 3.63) is 215 Å². The van der Waals surface area contributed by atoms with Crippen LogP contribution in [0.25, 0.3) is 0 Å². The summed E-state index contributed by atoms with van der Waals surface area (Å²) < 4.78 is 1.41. The minimum atomic E-state index is -3.12. The third-order valence-corrected chi connectivity index (χ3v) is 14.8. The second kappa shape index (κ2) is 15.9. The van der Waals surface area contributed by atoms with Gasteiger partial charge in [0.25, 0.3) is 0 Å². The fraction of sp³-hybridized carbons (Fsp3) is 0.136. The number of rotatable bonds is 14. The van der Waals surface area contributed by atoms with Gasteiger partial charge in [0.15, 0.2) is 0 Å². The van der Waals surface area contributed by atoms with Crippen LogP contribution in [0.2, 0.25) is 0 Å². The first kappa shape index (κ1) is 35.7. The Morgan fingerprint density at radius 3 is 1.14 bits per heavy atom. The summed E-state index contributed by atoms with van der Waals surface area (Å²) in [6.45, 7) is 1.80. The zero-order chi connectivity index (χ0) is 35.7.